The quantitative estimate of drug-likeness (QED) is 0.520. The van der Waals surface area contributed by atoms with Crippen molar-refractivity contribution < 1.29 is 4.79 Å². The Morgan fingerprint density at radius 3 is 2.75 bits per heavy atom. The first kappa shape index (κ1) is 5.81. The Morgan fingerprint density at radius 1 is 1.75 bits per heavy atom. The lowest BCUT2D eigenvalue weighted by atomic mass is 10.5. The second kappa shape index (κ2) is 2.30. The molecule has 0 spiro atoms. The normalized spacial score (nSPS) is 9.12. The predicted molar refractivity (Wildman–Crippen MR) is 39.2 cm³/mol. The molecule has 0 aromatic carbocycles. The van der Waals surface area contributed by atoms with Crippen molar-refractivity contribution in [1.29, 1.82) is 0 Å². The molecular formula is C5H4INO. The van der Waals surface area contributed by atoms with Gasteiger partial charge >= 0.3 is 0 Å². The molecule has 0 saturated carbocycles. The maximum absolute atomic E-state index is 10.1. The summed E-state index contributed by atoms with van der Waals surface area (Å²) in [6, 6.07) is 3.59. The highest BCUT2D eigenvalue weighted by atomic mass is 127. The molecular weight excluding hydrogens is 217 g/mol. The van der Waals surface area contributed by atoms with Crippen LogP contribution >= 0.6 is 22.9 Å². The Balaban J connectivity index is 3.09. The van der Waals surface area contributed by atoms with Gasteiger partial charge in [-0.25, -0.2) is 0 Å². The van der Waals surface area contributed by atoms with E-state index in [1.807, 2.05) is 35.1 Å². The molecule has 3 heteroatoms. The average molecular weight is 221 g/mol. The van der Waals surface area contributed by atoms with E-state index in [9.17, 15) is 4.79 Å². The zero-order chi connectivity index (χ0) is 5.98. The van der Waals surface area contributed by atoms with Gasteiger partial charge in [0.2, 0.25) is 0 Å². The molecule has 0 fully saturated rings. The van der Waals surface area contributed by atoms with Crippen LogP contribution in [0.1, 0.15) is 10.5 Å². The van der Waals surface area contributed by atoms with E-state index >= 15 is 0 Å². The highest BCUT2D eigenvalue weighted by Crippen LogP contribution is 2.01. The lowest BCUT2D eigenvalue weighted by molar-refractivity contribution is 0.111. The van der Waals surface area contributed by atoms with Crippen molar-refractivity contribution in [1.82, 2.24) is 2.78 Å². The van der Waals surface area contributed by atoms with Gasteiger partial charge in [0.15, 0.2) is 6.29 Å². The van der Waals surface area contributed by atoms with Crippen molar-refractivity contribution in [2.75, 3.05) is 0 Å². The van der Waals surface area contributed by atoms with Crippen LogP contribution in [0.5, 0.6) is 0 Å². The van der Waals surface area contributed by atoms with Crippen LogP contribution in [0.25, 0.3) is 0 Å². The van der Waals surface area contributed by atoms with Crippen molar-refractivity contribution in [2.45, 2.75) is 0 Å². The van der Waals surface area contributed by atoms with Gasteiger partial charge in [0.25, 0.3) is 0 Å². The summed E-state index contributed by atoms with van der Waals surface area (Å²) >= 11 is 2.04. The first-order valence-electron chi connectivity index (χ1n) is 2.13. The third-order valence-corrected chi connectivity index (χ3v) is 1.73. The largest absolute Gasteiger partial charge is 0.296 e. The van der Waals surface area contributed by atoms with Crippen molar-refractivity contribution in [3.8, 4) is 0 Å². The summed E-state index contributed by atoms with van der Waals surface area (Å²) in [5, 5.41) is 0. The fourth-order valence-electron chi connectivity index (χ4n) is 0.464. The second-order valence-electron chi connectivity index (χ2n) is 1.36. The first-order chi connectivity index (χ1) is 3.84. The first-order valence-corrected chi connectivity index (χ1v) is 3.10. The highest BCUT2D eigenvalue weighted by molar-refractivity contribution is 14.1. The lowest BCUT2D eigenvalue weighted by Gasteiger charge is -1.85. The third-order valence-electron chi connectivity index (χ3n) is 0.851. The molecule has 0 saturated heterocycles. The van der Waals surface area contributed by atoms with Gasteiger partial charge in [-0.3, -0.25) is 7.58 Å². The molecule has 0 atom stereocenters. The number of hydrogen-bond acceptors (Lipinski definition) is 1. The van der Waals surface area contributed by atoms with E-state index in [2.05, 4.69) is 0 Å². The molecule has 1 aromatic rings. The van der Waals surface area contributed by atoms with Crippen LogP contribution in [-0.2, 0) is 0 Å². The van der Waals surface area contributed by atoms with Crippen LogP contribution in [0.2, 0.25) is 0 Å². The van der Waals surface area contributed by atoms with E-state index in [0.29, 0.717) is 5.69 Å². The summed E-state index contributed by atoms with van der Waals surface area (Å²) in [7, 11) is 0. The molecule has 1 aromatic heterocycles. The van der Waals surface area contributed by atoms with Crippen LogP contribution < -0.4 is 0 Å². The van der Waals surface area contributed by atoms with E-state index in [0.717, 1.165) is 6.29 Å². The number of carbonyl (C=O) groups is 1. The van der Waals surface area contributed by atoms with Crippen LogP contribution in [0.15, 0.2) is 18.3 Å². The molecule has 1 rings (SSSR count). The highest BCUT2D eigenvalue weighted by Gasteiger charge is 1.90. The summed E-state index contributed by atoms with van der Waals surface area (Å²) in [6.45, 7) is 0. The molecule has 1 heterocycles. The molecule has 0 unspecified atom stereocenters. The van der Waals surface area contributed by atoms with Gasteiger partial charge in [0.1, 0.15) is 0 Å². The fraction of sp³-hybridized carbons (Fsp3) is 0. The van der Waals surface area contributed by atoms with Gasteiger partial charge < -0.3 is 0 Å². The van der Waals surface area contributed by atoms with Crippen LogP contribution in [0.4, 0.5) is 0 Å². The van der Waals surface area contributed by atoms with Crippen molar-refractivity contribution >= 4 is 29.2 Å². The molecule has 2 nitrogen and oxygen atoms in total. The molecule has 0 amide bonds. The minimum absolute atomic E-state index is 0.700. The number of rotatable bonds is 1. The molecule has 0 aliphatic carbocycles. The van der Waals surface area contributed by atoms with Gasteiger partial charge in [0.05, 0.1) is 28.6 Å². The van der Waals surface area contributed by atoms with Gasteiger partial charge in [-0.1, -0.05) is 0 Å². The summed E-state index contributed by atoms with van der Waals surface area (Å²) in [6.07, 6.45) is 2.65. The second-order valence-corrected chi connectivity index (χ2v) is 2.40. The number of hydrogen-bond donors (Lipinski definition) is 0. The summed E-state index contributed by atoms with van der Waals surface area (Å²) < 4.78 is 1.74. The predicted octanol–water partition coefficient (Wildman–Crippen LogP) is 1.50. The standard InChI is InChI=1S/C5H4INO/c6-7-3-1-2-5(7)4-8/h1-4H. The van der Waals surface area contributed by atoms with E-state index in [-0.39, 0.29) is 0 Å². The van der Waals surface area contributed by atoms with Crippen LogP contribution in [0, 0.1) is 0 Å². The average Bonchev–Trinajstić information content (AvgIpc) is 2.14. The molecule has 0 aliphatic rings. The van der Waals surface area contributed by atoms with Gasteiger partial charge in [-0.2, -0.15) is 0 Å². The maximum atomic E-state index is 10.1. The minimum atomic E-state index is 0.700. The lowest BCUT2D eigenvalue weighted by Crippen LogP contribution is -1.82. The monoisotopic (exact) mass is 221 g/mol. The van der Waals surface area contributed by atoms with Crippen molar-refractivity contribution in [2.24, 2.45) is 0 Å². The number of nitrogens with zero attached hydrogens (tertiary/aromatic N) is 1. The zero-order valence-electron chi connectivity index (χ0n) is 4.04. The minimum Gasteiger partial charge on any atom is -0.296 e. The molecule has 8 heavy (non-hydrogen) atoms. The molecule has 0 bridgehead atoms. The van der Waals surface area contributed by atoms with Crippen LogP contribution in [-0.4, -0.2) is 9.07 Å². The SMILES string of the molecule is O=Cc1cccn1I. The molecule has 42 valence electrons. The summed E-state index contributed by atoms with van der Waals surface area (Å²) in [5.41, 5.74) is 0.700. The number of carbonyl (C=O) groups excluding carboxylic acids is 1. The van der Waals surface area contributed by atoms with Crippen LogP contribution in [0.3, 0.4) is 0 Å². The van der Waals surface area contributed by atoms with Crippen molar-refractivity contribution in [3.05, 3.63) is 24.0 Å². The number of aldehydes is 1. The Kier molecular flexibility index (Phi) is 1.67. The maximum Gasteiger partial charge on any atom is 0.167 e. The number of aromatic nitrogens is 1. The molecule has 0 N–H and O–H groups in total. The van der Waals surface area contributed by atoms with E-state index in [4.69, 9.17) is 0 Å². The Labute approximate surface area is 61.0 Å². The Morgan fingerprint density at radius 2 is 2.50 bits per heavy atom. The van der Waals surface area contributed by atoms with Gasteiger partial charge in [-0.05, 0) is 12.1 Å². The van der Waals surface area contributed by atoms with E-state index in [1.165, 1.54) is 0 Å². The Bertz CT molecular complexity index is 194. The summed E-state index contributed by atoms with van der Waals surface area (Å²) in [5.74, 6) is 0. The van der Waals surface area contributed by atoms with E-state index < -0.39 is 0 Å². The van der Waals surface area contributed by atoms with E-state index in [1.54, 1.807) is 8.85 Å². The molecule has 0 aliphatic heterocycles. The zero-order valence-corrected chi connectivity index (χ0v) is 6.20. The van der Waals surface area contributed by atoms with Crippen molar-refractivity contribution in [3.63, 3.8) is 0 Å². The Hall–Kier alpha value is -0.320. The fourth-order valence-corrected chi connectivity index (χ4v) is 0.924. The molecule has 0 radical (unpaired) electrons. The summed E-state index contributed by atoms with van der Waals surface area (Å²) in [4.78, 5) is 10.1. The van der Waals surface area contributed by atoms with Gasteiger partial charge in [-0.15, -0.1) is 0 Å². The smallest absolute Gasteiger partial charge is 0.167 e. The topological polar surface area (TPSA) is 22.0 Å². The van der Waals surface area contributed by atoms with Gasteiger partial charge in [0, 0.05) is 6.20 Å². The third kappa shape index (κ3) is 0.912. The number of halogens is 1.